The van der Waals surface area contributed by atoms with Crippen LogP contribution in [0.25, 0.3) is 0 Å². The lowest BCUT2D eigenvalue weighted by atomic mass is 10.2. The van der Waals surface area contributed by atoms with Crippen LogP contribution in [0.4, 0.5) is 0 Å². The lowest BCUT2D eigenvalue weighted by Crippen LogP contribution is -2.05. The number of carbonyl (C=O) groups excluding carboxylic acids is 1. The third-order valence-electron chi connectivity index (χ3n) is 1.37. The smallest absolute Gasteiger partial charge is 0.338 e. The maximum absolute atomic E-state index is 11.3. The van der Waals surface area contributed by atoms with Gasteiger partial charge in [0, 0.05) is 0 Å². The van der Waals surface area contributed by atoms with Crippen LogP contribution in [0.3, 0.4) is 0 Å². The Hall–Kier alpha value is -1.31. The molecule has 2 nitrogen and oxygen atoms in total. The SMILES string of the molecule is CC.[3H]c1ccccc1C(=O)OCCC. The van der Waals surface area contributed by atoms with Crippen molar-refractivity contribution in [1.82, 2.24) is 0 Å². The average molecular weight is 196 g/mol. The van der Waals surface area contributed by atoms with Crippen LogP contribution in [0.1, 0.15) is 38.9 Å². The van der Waals surface area contributed by atoms with Crippen molar-refractivity contribution in [3.05, 3.63) is 35.9 Å². The van der Waals surface area contributed by atoms with Crippen molar-refractivity contribution in [3.63, 3.8) is 0 Å². The molecule has 0 spiro atoms. The minimum Gasteiger partial charge on any atom is -0.462 e. The van der Waals surface area contributed by atoms with E-state index in [0.29, 0.717) is 12.2 Å². The van der Waals surface area contributed by atoms with Gasteiger partial charge < -0.3 is 4.74 Å². The molecule has 1 aromatic rings. The normalized spacial score (nSPS) is 9.50. The molecule has 0 aliphatic rings. The Balaban J connectivity index is 0.000000921. The standard InChI is InChI=1S/C10H12O2.C2H6/c1-2-8-12-10(11)9-6-4-3-5-7-9;1-2/h3-7H,2,8H2,1H3;1-2H3/i6T;. The van der Waals surface area contributed by atoms with Crippen molar-refractivity contribution in [2.24, 2.45) is 0 Å². The zero-order valence-electron chi connectivity index (χ0n) is 10.0. The van der Waals surface area contributed by atoms with E-state index >= 15 is 0 Å². The number of hydrogen-bond donors (Lipinski definition) is 0. The van der Waals surface area contributed by atoms with E-state index in [4.69, 9.17) is 6.11 Å². The molecule has 0 aliphatic heterocycles. The Morgan fingerprint density at radius 2 is 2.14 bits per heavy atom. The molecule has 0 atom stereocenters. The van der Waals surface area contributed by atoms with Gasteiger partial charge in [0.05, 0.1) is 13.5 Å². The van der Waals surface area contributed by atoms with Gasteiger partial charge in [-0.1, -0.05) is 39.0 Å². The first-order valence-electron chi connectivity index (χ1n) is 5.48. The zero-order chi connectivity index (χ0) is 11.7. The molecule has 0 aromatic heterocycles. The Labute approximate surface area is 87.3 Å². The van der Waals surface area contributed by atoms with Crippen molar-refractivity contribution in [2.75, 3.05) is 6.61 Å². The molecule has 1 aromatic carbocycles. The second kappa shape index (κ2) is 8.30. The third-order valence-corrected chi connectivity index (χ3v) is 1.37. The van der Waals surface area contributed by atoms with Crippen LogP contribution in [0.15, 0.2) is 30.3 Å². The number of esters is 1. The quantitative estimate of drug-likeness (QED) is 0.693. The van der Waals surface area contributed by atoms with Crippen LogP contribution in [-0.2, 0) is 4.74 Å². The second-order valence-corrected chi connectivity index (χ2v) is 2.41. The second-order valence-electron chi connectivity index (χ2n) is 2.41. The summed E-state index contributed by atoms with van der Waals surface area (Å²) in [6, 6.07) is 6.83. The van der Waals surface area contributed by atoms with Crippen molar-refractivity contribution in [3.8, 4) is 0 Å². The van der Waals surface area contributed by atoms with Crippen LogP contribution in [0.5, 0.6) is 0 Å². The van der Waals surface area contributed by atoms with Gasteiger partial charge in [-0.3, -0.25) is 0 Å². The summed E-state index contributed by atoms with van der Waals surface area (Å²) in [6.45, 7) is 6.34. The molecule has 14 heavy (non-hydrogen) atoms. The molecule has 0 unspecified atom stereocenters. The maximum atomic E-state index is 11.3. The van der Waals surface area contributed by atoms with Gasteiger partial charge >= 0.3 is 5.97 Å². The average Bonchev–Trinajstić information content (AvgIpc) is 2.29. The topological polar surface area (TPSA) is 26.3 Å². The number of hydrogen-bond acceptors (Lipinski definition) is 2. The molecule has 0 N–H and O–H groups in total. The predicted molar refractivity (Wildman–Crippen MR) is 58.4 cm³/mol. The summed E-state index contributed by atoms with van der Waals surface area (Å²) < 4.78 is 12.3. The van der Waals surface area contributed by atoms with Crippen molar-refractivity contribution in [1.29, 1.82) is 0 Å². The van der Waals surface area contributed by atoms with Crippen LogP contribution in [0, 0.1) is 0 Å². The fraction of sp³-hybridized carbons (Fsp3) is 0.417. The molecule has 78 valence electrons. The van der Waals surface area contributed by atoms with E-state index in [2.05, 4.69) is 0 Å². The monoisotopic (exact) mass is 196 g/mol. The van der Waals surface area contributed by atoms with E-state index in [1.807, 2.05) is 20.8 Å². The Kier molecular flexibility index (Phi) is 6.38. The van der Waals surface area contributed by atoms with Gasteiger partial charge in [0.25, 0.3) is 0 Å². The molecule has 2 heteroatoms. The lowest BCUT2D eigenvalue weighted by Gasteiger charge is -2.01. The van der Waals surface area contributed by atoms with Crippen molar-refractivity contribution >= 4 is 5.97 Å². The summed E-state index contributed by atoms with van der Waals surface area (Å²) >= 11 is 0. The molecule has 0 amide bonds. The van der Waals surface area contributed by atoms with E-state index in [1.165, 1.54) is 0 Å². The molecule has 0 saturated heterocycles. The van der Waals surface area contributed by atoms with Gasteiger partial charge in [-0.15, -0.1) is 0 Å². The van der Waals surface area contributed by atoms with Crippen LogP contribution < -0.4 is 0 Å². The first-order valence-corrected chi connectivity index (χ1v) is 4.98. The van der Waals surface area contributed by atoms with Gasteiger partial charge in [0.15, 0.2) is 0 Å². The number of rotatable bonds is 3. The van der Waals surface area contributed by atoms with Crippen LogP contribution in [-0.4, -0.2) is 12.6 Å². The van der Waals surface area contributed by atoms with Gasteiger partial charge in [-0.05, 0) is 18.5 Å². The molecule has 0 bridgehead atoms. The molecular weight excluding hydrogens is 176 g/mol. The molecular formula is C12H18O2. The molecule has 0 saturated carbocycles. The van der Waals surface area contributed by atoms with Crippen molar-refractivity contribution in [2.45, 2.75) is 27.2 Å². The summed E-state index contributed by atoms with van der Waals surface area (Å²) in [6.07, 6.45) is 0.798. The summed E-state index contributed by atoms with van der Waals surface area (Å²) in [5, 5.41) is 0. The fourth-order valence-corrected chi connectivity index (χ4v) is 0.793. The zero-order valence-corrected chi connectivity index (χ0v) is 9.04. The number of carbonyl (C=O) groups is 1. The van der Waals surface area contributed by atoms with Crippen LogP contribution in [0.2, 0.25) is 0 Å². The predicted octanol–water partition coefficient (Wildman–Crippen LogP) is 3.28. The summed E-state index contributed by atoms with van der Waals surface area (Å²) in [5.74, 6) is -0.410. The van der Waals surface area contributed by atoms with Gasteiger partial charge in [-0.25, -0.2) is 4.79 Å². The van der Waals surface area contributed by atoms with Gasteiger partial charge in [0.2, 0.25) is 0 Å². The van der Waals surface area contributed by atoms with Gasteiger partial charge in [-0.2, -0.15) is 0 Å². The highest BCUT2D eigenvalue weighted by Gasteiger charge is 2.03. The Morgan fingerprint density at radius 1 is 1.43 bits per heavy atom. The molecule has 0 heterocycles. The Morgan fingerprint density at radius 3 is 2.71 bits per heavy atom. The van der Waals surface area contributed by atoms with Gasteiger partial charge in [0.1, 0.15) is 0 Å². The highest BCUT2D eigenvalue weighted by Crippen LogP contribution is 2.00. The van der Waals surface area contributed by atoms with E-state index in [0.717, 1.165) is 6.42 Å². The first kappa shape index (κ1) is 10.8. The highest BCUT2D eigenvalue weighted by atomic mass is 16.5. The van der Waals surface area contributed by atoms with E-state index in [-0.39, 0.29) is 6.04 Å². The third kappa shape index (κ3) is 4.65. The molecule has 1 rings (SSSR count). The molecule has 0 aliphatic carbocycles. The Bertz CT molecular complexity index is 297. The van der Waals surface area contributed by atoms with Crippen molar-refractivity contribution < 1.29 is 10.9 Å². The van der Waals surface area contributed by atoms with Crippen LogP contribution >= 0.6 is 0 Å². The minimum atomic E-state index is -0.410. The van der Waals surface area contributed by atoms with E-state index in [1.54, 1.807) is 24.3 Å². The molecule has 0 radical (unpaired) electrons. The minimum absolute atomic E-state index is 0.212. The highest BCUT2D eigenvalue weighted by molar-refractivity contribution is 5.89. The summed E-state index contributed by atoms with van der Waals surface area (Å²) in [7, 11) is 0. The molecule has 0 fully saturated rings. The largest absolute Gasteiger partial charge is 0.462 e. The lowest BCUT2D eigenvalue weighted by molar-refractivity contribution is 0.0505. The fourth-order valence-electron chi connectivity index (χ4n) is 0.793. The van der Waals surface area contributed by atoms with E-state index in [9.17, 15) is 4.79 Å². The van der Waals surface area contributed by atoms with E-state index < -0.39 is 5.97 Å². The maximum Gasteiger partial charge on any atom is 0.338 e. The first-order chi connectivity index (χ1) is 7.25. The number of ether oxygens (including phenoxy) is 1. The summed E-state index contributed by atoms with van der Waals surface area (Å²) in [4.78, 5) is 11.3. The summed E-state index contributed by atoms with van der Waals surface area (Å²) in [5.41, 5.74) is 0.330. The number of benzene rings is 1.